The molecule has 2 aromatic heterocycles. The van der Waals surface area contributed by atoms with Gasteiger partial charge in [-0.2, -0.15) is 0 Å². The van der Waals surface area contributed by atoms with Crippen LogP contribution in [0.4, 0.5) is 0 Å². The zero-order valence-corrected chi connectivity index (χ0v) is 84.1. The number of guanidine groups is 2. The zero-order chi connectivity index (χ0) is 110. The molecule has 150 heavy (non-hydrogen) atoms. The summed E-state index contributed by atoms with van der Waals surface area (Å²) >= 11 is 0. The molecule has 30 N–H and O–H groups in total. The maximum absolute atomic E-state index is 15.4. The first-order valence-electron chi connectivity index (χ1n) is 49.8. The lowest BCUT2D eigenvalue weighted by molar-refractivity contribution is -0.143. The van der Waals surface area contributed by atoms with Crippen molar-refractivity contribution in [3.05, 3.63) is 90.1 Å². The summed E-state index contributed by atoms with van der Waals surface area (Å²) in [5.74, 6) is -24.9. The van der Waals surface area contributed by atoms with Crippen molar-refractivity contribution >= 4 is 147 Å². The van der Waals surface area contributed by atoms with Crippen LogP contribution in [0.15, 0.2) is 73.3 Å². The average molecular weight is 2110 g/mol. The molecule has 3 saturated heterocycles. The number of aliphatic carboxylic acids is 6. The minimum absolute atomic E-state index is 0.00492. The summed E-state index contributed by atoms with van der Waals surface area (Å²) in [4.78, 5) is 312. The normalized spacial score (nSPS) is 22.1. The Morgan fingerprint density at radius 1 is 0.480 bits per heavy atom. The quantitative estimate of drug-likeness (QED) is 0.0112. The number of aromatic nitrogens is 3. The molecule has 4 aromatic rings. The Balaban J connectivity index is 1.26. The molecule has 55 nitrogen and oxygen atoms in total. The van der Waals surface area contributed by atoms with Gasteiger partial charge in [-0.15, -0.1) is 0 Å². The first-order valence-corrected chi connectivity index (χ1v) is 49.8. The molecule has 0 aliphatic carbocycles. The van der Waals surface area contributed by atoms with Gasteiger partial charge in [0.05, 0.1) is 58.6 Å². The van der Waals surface area contributed by atoms with E-state index in [1.807, 2.05) is 0 Å². The molecule has 5 heterocycles. The second-order valence-electron chi connectivity index (χ2n) is 37.2. The molecule has 0 bridgehead atoms. The van der Waals surface area contributed by atoms with Gasteiger partial charge in [-0.3, -0.25) is 131 Å². The number of nitrogens with zero attached hydrogens (tertiary/aromatic N) is 6. The second-order valence-corrected chi connectivity index (χ2v) is 37.2. The van der Waals surface area contributed by atoms with Gasteiger partial charge in [-0.25, -0.2) is 4.98 Å². The van der Waals surface area contributed by atoms with Gasteiger partial charge in [0.25, 0.3) is 0 Å². The summed E-state index contributed by atoms with van der Waals surface area (Å²) in [6.07, 6.45) is -1.68. The third-order valence-electron chi connectivity index (χ3n) is 24.9. The van der Waals surface area contributed by atoms with Crippen molar-refractivity contribution in [1.82, 2.24) is 125 Å². The molecule has 55 heteroatoms. The Morgan fingerprint density at radius 3 is 1.53 bits per heavy atom. The number of hydrogen-bond donors (Lipinski definition) is 28. The van der Waals surface area contributed by atoms with Crippen LogP contribution in [0.2, 0.25) is 0 Å². The summed E-state index contributed by atoms with van der Waals surface area (Å²) in [7, 11) is 0. The molecule has 14 amide bonds. The van der Waals surface area contributed by atoms with Crippen molar-refractivity contribution in [3.8, 4) is 0 Å². The number of fused-ring (bicyclic) bond motifs is 2. The van der Waals surface area contributed by atoms with Gasteiger partial charge in [0.2, 0.25) is 82.7 Å². The number of imidazole rings is 1. The van der Waals surface area contributed by atoms with E-state index in [2.05, 4.69) is 100 Å². The van der Waals surface area contributed by atoms with Crippen LogP contribution in [0.5, 0.6) is 0 Å². The van der Waals surface area contributed by atoms with Gasteiger partial charge in [-0.05, 0) is 100 Å². The Morgan fingerprint density at radius 2 is 0.987 bits per heavy atom. The van der Waals surface area contributed by atoms with Crippen molar-refractivity contribution in [1.29, 1.82) is 10.8 Å². The lowest BCUT2D eigenvalue weighted by Gasteiger charge is -2.32. The summed E-state index contributed by atoms with van der Waals surface area (Å²) in [5.41, 5.74) is 13.0. The van der Waals surface area contributed by atoms with Crippen LogP contribution in [0, 0.1) is 16.7 Å². The number of nitrogens with two attached hydrogens (primary N) is 2. The summed E-state index contributed by atoms with van der Waals surface area (Å²) in [6.45, 7) is 1.15. The predicted molar refractivity (Wildman–Crippen MR) is 535 cm³/mol. The molecule has 3 aliphatic heterocycles. The van der Waals surface area contributed by atoms with E-state index in [0.717, 1.165) is 0 Å². The number of carbonyl (C=O) groups is 21. The highest BCUT2D eigenvalue weighted by atomic mass is 16.4. The number of para-hydroxylation sites is 1. The number of rotatable bonds is 41. The van der Waals surface area contributed by atoms with Gasteiger partial charge >= 0.3 is 35.8 Å². The highest BCUT2D eigenvalue weighted by molar-refractivity contribution is 6.01. The number of carboxylic acid groups (broad SMARTS) is 6. The molecule has 0 unspecified atom stereocenters. The largest absolute Gasteiger partial charge is 0.481 e. The third kappa shape index (κ3) is 43.9. The number of Topliss-reactive ketones (excluding diaryl/α,β-unsaturated/α-hetero) is 1. The first kappa shape index (κ1) is 122. The molecule has 0 radical (unpaired) electrons. The Hall–Kier alpha value is -15.4. The van der Waals surface area contributed by atoms with E-state index in [1.165, 1.54) is 31.3 Å². The van der Waals surface area contributed by atoms with Crippen LogP contribution in [0.3, 0.4) is 0 Å². The van der Waals surface area contributed by atoms with Gasteiger partial charge < -0.3 is 142 Å². The minimum Gasteiger partial charge on any atom is -0.481 e. The smallest absolute Gasteiger partial charge is 0.317 e. The maximum Gasteiger partial charge on any atom is 0.317 e. The Labute approximate surface area is 863 Å². The van der Waals surface area contributed by atoms with Crippen LogP contribution in [-0.4, -0.2) is 403 Å². The Kier molecular flexibility index (Phi) is 51.3. The summed E-state index contributed by atoms with van der Waals surface area (Å²) in [5, 5.41) is 117. The van der Waals surface area contributed by atoms with E-state index >= 15 is 28.8 Å². The highest BCUT2D eigenvalue weighted by Gasteiger charge is 2.43. The molecule has 2 aromatic carbocycles. The van der Waals surface area contributed by atoms with E-state index < -0.39 is 299 Å². The standard InChI is InChI=1S/C95H142N28O27/c1-4-5-19-62-84(141)113-66(26-28-76(129)130)88(145)116-70(43-58-46-101-54-107-58)90(147)114-68(41-56-16-7-6-8-17-56)89(146)112-64(22-13-30-103-94(96)97)86(143)115-69(42-57-45-105-61-20-10-9-18-60(57)61)83(140)106-49-74(126)109-67(23-14-31-104-95(98)99)93(150)123-32-15-24-72(123)91(148)118-81(55(2)3)92(149)117-71(44-77(131)132)82(139)102-29-12-11-21-63(85(142)110-62)111-87(144)65(25-27-75(127)128)108-73(125)48-100-47-59(124)50-119-33-35-120(51-78(133)134)37-39-122(53-80(137)138)40-38-121(36-34-119)52-79(135)136/h6-10,16-18,20,45-46,54-55,62-72,81,100,105H,4-5,11-15,19,21-44,47-53H2,1-3H3,(H,101,107)(H,102,139)(H,106,140)(H,108,125)(H,109,126)(H,110,142)(H,111,144)(H,112,146)(H,113,141)(H,114,147)(H,115,143)(H,116,145)(H,117,149)(H,118,148)(H,127,128)(H,129,130)(H,131,132)(H,133,134)(H,135,136)(H,137,138)(H4,96,97,103)(H4,98,99,104)/t62-,63-,64-,65-,66-,67-,68+,69-,70-,71-,72-,81-/m0/s1. The van der Waals surface area contributed by atoms with Crippen molar-refractivity contribution in [2.45, 2.75) is 222 Å². The predicted octanol–water partition coefficient (Wildman–Crippen LogP) is -7.13. The molecule has 7 rings (SSSR count). The van der Waals surface area contributed by atoms with Crippen molar-refractivity contribution in [2.75, 3.05) is 124 Å². The fourth-order valence-electron chi connectivity index (χ4n) is 17.1. The topological polar surface area (TPSA) is 833 Å². The van der Waals surface area contributed by atoms with Crippen LogP contribution in [0.25, 0.3) is 10.9 Å². The molecule has 12 atom stereocenters. The number of H-pyrrole nitrogens is 2. The molecular weight excluding hydrogens is 1970 g/mol. The summed E-state index contributed by atoms with van der Waals surface area (Å²) < 4.78 is 0. The number of aromatic amines is 2. The minimum atomic E-state index is -1.90. The van der Waals surface area contributed by atoms with Gasteiger partial charge in [-0.1, -0.05) is 82.1 Å². The van der Waals surface area contributed by atoms with Crippen LogP contribution >= 0.6 is 0 Å². The Bertz CT molecular complexity index is 5270. The molecule has 3 aliphatic rings. The monoisotopic (exact) mass is 2110 g/mol. The van der Waals surface area contributed by atoms with Crippen molar-refractivity contribution in [2.24, 2.45) is 17.4 Å². The average Bonchev–Trinajstić information content (AvgIpc) is 1.69. The van der Waals surface area contributed by atoms with E-state index in [9.17, 15) is 103 Å². The molecule has 3 fully saturated rings. The number of nitrogens with one attached hydrogen (secondary N) is 20. The number of benzene rings is 2. The van der Waals surface area contributed by atoms with E-state index in [-0.39, 0.29) is 168 Å². The van der Waals surface area contributed by atoms with Crippen LogP contribution < -0.4 is 96.5 Å². The van der Waals surface area contributed by atoms with E-state index in [4.69, 9.17) is 22.3 Å². The lowest BCUT2D eigenvalue weighted by atomic mass is 10.0. The number of unbranched alkanes of at least 4 members (excludes halogenated alkanes) is 1. The second kappa shape index (κ2) is 63.3. The zero-order valence-electron chi connectivity index (χ0n) is 84.1. The van der Waals surface area contributed by atoms with Crippen molar-refractivity contribution in [3.63, 3.8) is 0 Å². The van der Waals surface area contributed by atoms with Gasteiger partial charge in [0.1, 0.15) is 72.5 Å². The number of carbonyl (C=O) groups excluding carboxylic acids is 15. The molecule has 824 valence electrons. The number of ketones is 1. The number of hydrogen-bond acceptors (Lipinski definition) is 29. The van der Waals surface area contributed by atoms with E-state index in [0.29, 0.717) is 28.5 Å². The number of amides is 14. The fourth-order valence-corrected chi connectivity index (χ4v) is 17.1. The molecule has 0 spiro atoms. The first-order chi connectivity index (χ1) is 71.4. The van der Waals surface area contributed by atoms with Crippen LogP contribution in [-0.2, 0) is 120 Å². The van der Waals surface area contributed by atoms with Gasteiger partial charge in [0, 0.05) is 140 Å². The SMILES string of the molecule is CCCC[C@@H]1NC(=O)[C@@H](NC(=O)[C@H](CCC(=O)O)NC(=O)CNCC(=O)CN2CCN(CC(=O)O)CCN(CC(=O)O)CCN(CC(=O)O)CC2)CCCCNC(=O)[C@H](CC(=O)O)NC(=O)[C@H](C(C)C)NC(=O)[C@@H]2CCCN2C(=O)[C@H](CCCNC(=N)N)NC(=O)CNC(=O)[C@H](Cc2c[nH]c3ccccc23)NC(=O)[C@H](CCCNC(=N)N)NC(=O)[C@@H](Cc2ccccc2)NC(=O)[C@H](Cc2cnc[nH]2)NC(=O)[C@H](CCC(=O)O)NC1=O. The maximum atomic E-state index is 15.4. The van der Waals surface area contributed by atoms with Gasteiger partial charge in [0.15, 0.2) is 17.7 Å². The molecule has 0 saturated carbocycles. The third-order valence-corrected chi connectivity index (χ3v) is 24.9. The fraction of sp³-hybridized carbons (Fsp3) is 0.579. The lowest BCUT2D eigenvalue weighted by Crippen LogP contribution is -2.61. The number of carboxylic acids is 6. The van der Waals surface area contributed by atoms with Crippen molar-refractivity contribution < 1.29 is 131 Å². The molecular formula is C95H142N28O27. The van der Waals surface area contributed by atoms with Crippen LogP contribution in [0.1, 0.15) is 147 Å². The highest BCUT2D eigenvalue weighted by Crippen LogP contribution is 2.24. The van der Waals surface area contributed by atoms with E-state index in [1.54, 1.807) is 87.3 Å². The summed E-state index contributed by atoms with van der Waals surface area (Å²) in [6, 6.07) is -4.97.